The highest BCUT2D eigenvalue weighted by Gasteiger charge is 2.26. The highest BCUT2D eigenvalue weighted by molar-refractivity contribution is 6.27. The topological polar surface area (TPSA) is 493 Å². The second-order valence-corrected chi connectivity index (χ2v) is 25.8. The monoisotopic (exact) mass is 1590 g/mol. The standard InChI is InChI=1S/C20H30N6O5.C19H28N4O6.C16H22ClN3O3.3C8H8O2/c1-20(2,3)31-19(29)25-15(16(27)12-24-22)10-7-11-23-17(21)26-18(28)30-13-14-8-5-4-6-9-14;1-19(2,3)29-18(27)22-14(15(24)25)10-7-11-21-16(20)23-17(26)28-12-13-8-5-4-6-9-13;1-12(14(21)10-17)6-5-9-19-15(18)20-16(22)23-11-13-7-3-2-4-8-13;3*9-7-10-6-8-4-2-1-3-5-8/h4-6,8-9,15,24H,7,10-13H2,1-3H3,(H,25,29)(H3,21,23,26,28);4-6,8-9,14H,7,10-12H2,1-3H3,(H,22,27)(H,24,25)(H3,20,21,23,26);2-4,7-8,12H,5-6,9-11H2,1H3,(H3,18,19,20,22);3*1-5,7H,6H2/t15-;14-;12-;;;/m000.../s1. The number of halogens is 1. The molecule has 5 amide bonds. The molecule has 0 aliphatic carbocycles. The highest BCUT2D eigenvalue weighted by atomic mass is 35.5. The Bertz CT molecular complexity index is 3710. The molecule has 0 fully saturated rings. The number of carbonyl (C=O) groups excluding carboxylic acids is 10. The molecule has 0 heterocycles. The molecule has 33 nitrogen and oxygen atoms in total. The number of Topliss-reactive ketones (excluding diaryl/α,β-unsaturated/α-hetero) is 2. The fourth-order valence-corrected chi connectivity index (χ4v) is 8.64. The van der Waals surface area contributed by atoms with Gasteiger partial charge in [-0.1, -0.05) is 189 Å². The molecule has 0 bridgehead atoms. The van der Waals surface area contributed by atoms with Crippen LogP contribution in [0.3, 0.4) is 0 Å². The fraction of sp³-hybridized carbons (Fsp3) is 0.367. The van der Waals surface area contributed by atoms with Gasteiger partial charge in [-0.05, 0) is 113 Å². The molecule has 612 valence electrons. The Labute approximate surface area is 662 Å². The van der Waals surface area contributed by atoms with Crippen molar-refractivity contribution in [2.24, 2.45) is 38.1 Å². The van der Waals surface area contributed by atoms with Crippen molar-refractivity contribution in [3.8, 4) is 0 Å². The van der Waals surface area contributed by atoms with Crippen molar-refractivity contribution in [3.05, 3.63) is 221 Å². The van der Waals surface area contributed by atoms with Gasteiger partial charge in [-0.25, -0.2) is 28.8 Å². The van der Waals surface area contributed by atoms with E-state index in [2.05, 4.69) is 55.8 Å². The minimum absolute atomic E-state index is 0.000570. The number of nitrogens with two attached hydrogens (primary N) is 3. The van der Waals surface area contributed by atoms with Gasteiger partial charge in [-0.2, -0.15) is 0 Å². The van der Waals surface area contributed by atoms with Crippen LogP contribution in [0.1, 0.15) is 120 Å². The highest BCUT2D eigenvalue weighted by Crippen LogP contribution is 2.12. The number of guanidine groups is 3. The zero-order valence-corrected chi connectivity index (χ0v) is 65.2. The minimum Gasteiger partial charge on any atom is -0.508 e. The lowest BCUT2D eigenvalue weighted by molar-refractivity contribution is -0.467. The zero-order valence-electron chi connectivity index (χ0n) is 64.4. The molecule has 13 N–H and O–H groups in total. The maximum Gasteiger partial charge on any atom is 0.414 e. The molecule has 34 heteroatoms. The molecule has 6 aromatic carbocycles. The van der Waals surface area contributed by atoms with Gasteiger partial charge in [0.2, 0.25) is 5.78 Å². The number of nitrogens with zero attached hydrogens (tertiary/aromatic N) is 4. The molecule has 0 spiro atoms. The smallest absolute Gasteiger partial charge is 0.414 e. The molecule has 6 rings (SSSR count). The van der Waals surface area contributed by atoms with Crippen molar-refractivity contribution in [1.29, 1.82) is 0 Å². The van der Waals surface area contributed by atoms with Crippen LogP contribution in [0.15, 0.2) is 197 Å². The molecule has 0 radical (unpaired) electrons. The summed E-state index contributed by atoms with van der Waals surface area (Å²) in [6, 6.07) is 54.3. The van der Waals surface area contributed by atoms with Crippen LogP contribution in [0.25, 0.3) is 5.53 Å². The number of carboxylic acid groups (broad SMARTS) is 1. The number of nitrogens with one attached hydrogen (secondary N) is 6. The van der Waals surface area contributed by atoms with Gasteiger partial charge in [0.1, 0.15) is 62.7 Å². The number of carboxylic acids is 1. The summed E-state index contributed by atoms with van der Waals surface area (Å²) >= 11 is 5.48. The van der Waals surface area contributed by atoms with Crippen molar-refractivity contribution in [3.63, 3.8) is 0 Å². The van der Waals surface area contributed by atoms with E-state index in [9.17, 15) is 57.8 Å². The van der Waals surface area contributed by atoms with Crippen LogP contribution in [0.5, 0.6) is 0 Å². The average molecular weight is 1590 g/mol. The third-order valence-electron chi connectivity index (χ3n) is 13.8. The summed E-state index contributed by atoms with van der Waals surface area (Å²) in [4.78, 5) is 134. The first-order chi connectivity index (χ1) is 54.0. The summed E-state index contributed by atoms with van der Waals surface area (Å²) in [6.07, 6.45) is -1.28. The normalized spacial score (nSPS) is 11.5. The number of carbonyl (C=O) groups is 11. The third-order valence-corrected chi connectivity index (χ3v) is 14.0. The molecule has 0 unspecified atom stereocenters. The maximum atomic E-state index is 12.1. The van der Waals surface area contributed by atoms with E-state index in [-0.39, 0.29) is 87.8 Å². The maximum absolute atomic E-state index is 12.1. The lowest BCUT2D eigenvalue weighted by Gasteiger charge is -2.22. The molecule has 0 aliphatic rings. The van der Waals surface area contributed by atoms with E-state index in [0.717, 1.165) is 33.4 Å². The SMILES string of the molecule is CC(C)(C)OC(=O)N[C@@H](CCCN=C(N)NC(=O)OCc1ccccc1)C(=O)C[NH+]=[N-].CC(C)(C)OC(=O)N[C@@H](CCCN=C(N)NC(=O)OCc1ccccc1)C(=O)O.C[C@@H](CCCN=C(N)NC(=O)OCc1ccccc1)C(=O)CCl.O=COCc1ccccc1.O=COCc1ccccc1.O=COCc1ccccc1. The van der Waals surface area contributed by atoms with Gasteiger partial charge in [-0.15, -0.1) is 11.6 Å². The molecule has 6 aromatic rings. The lowest BCUT2D eigenvalue weighted by atomic mass is 10.0. The molecule has 113 heavy (non-hydrogen) atoms. The van der Waals surface area contributed by atoms with Crippen molar-refractivity contribution in [1.82, 2.24) is 26.6 Å². The number of ketones is 2. The Balaban J connectivity index is 0.000000718. The summed E-state index contributed by atoms with van der Waals surface area (Å²) in [7, 11) is 0. The van der Waals surface area contributed by atoms with E-state index in [1.165, 1.54) is 0 Å². The minimum atomic E-state index is -1.18. The van der Waals surface area contributed by atoms with E-state index >= 15 is 0 Å². The van der Waals surface area contributed by atoms with Gasteiger partial charge >= 0.3 is 36.4 Å². The molecule has 3 atom stereocenters. The predicted octanol–water partition coefficient (Wildman–Crippen LogP) is 9.09. The summed E-state index contributed by atoms with van der Waals surface area (Å²) < 4.78 is 38.9. The number of aliphatic carboxylic acids is 1. The van der Waals surface area contributed by atoms with Crippen LogP contribution in [0.2, 0.25) is 0 Å². The summed E-state index contributed by atoms with van der Waals surface area (Å²) in [5, 5.41) is 22.7. The zero-order chi connectivity index (χ0) is 83.9. The lowest BCUT2D eigenvalue weighted by Crippen LogP contribution is -2.68. The van der Waals surface area contributed by atoms with Crippen molar-refractivity contribution in [2.75, 3.05) is 32.1 Å². The summed E-state index contributed by atoms with van der Waals surface area (Å²) in [5.74, 6) is -1.92. The fourth-order valence-electron chi connectivity index (χ4n) is 8.37. The van der Waals surface area contributed by atoms with Gasteiger partial charge in [0.05, 0.1) is 11.9 Å². The van der Waals surface area contributed by atoms with Crippen LogP contribution >= 0.6 is 11.6 Å². The largest absolute Gasteiger partial charge is 0.508 e. The van der Waals surface area contributed by atoms with E-state index < -0.39 is 65.5 Å². The van der Waals surface area contributed by atoms with Gasteiger partial charge in [-0.3, -0.25) is 54.9 Å². The van der Waals surface area contributed by atoms with Crippen molar-refractivity contribution >= 4 is 96.9 Å². The Hall–Kier alpha value is -12.8. The van der Waals surface area contributed by atoms with Crippen LogP contribution in [0.4, 0.5) is 24.0 Å². The van der Waals surface area contributed by atoms with Crippen LogP contribution in [-0.2, 0) is 106 Å². The number of rotatable bonds is 35. The van der Waals surface area contributed by atoms with E-state index in [1.807, 2.05) is 189 Å². The van der Waals surface area contributed by atoms with Crippen molar-refractivity contribution < 1.29 is 101 Å². The number of ether oxygens (including phenoxy) is 8. The molecular formula is C79H104ClN13O20. The molecule has 0 saturated carbocycles. The van der Waals surface area contributed by atoms with Gasteiger partial charge in [0, 0.05) is 25.6 Å². The van der Waals surface area contributed by atoms with Crippen LogP contribution < -0.4 is 48.9 Å². The van der Waals surface area contributed by atoms with Crippen LogP contribution in [0, 0.1) is 5.92 Å². The number of alkyl carbamates (subject to hydrolysis) is 5. The number of amides is 5. The number of aliphatic imine (C=N–C) groups is 3. The summed E-state index contributed by atoms with van der Waals surface area (Å²) in [6.45, 7) is 15.2. The Morgan fingerprint density at radius 3 is 0.956 bits per heavy atom. The molecule has 0 aliphatic heterocycles. The third kappa shape index (κ3) is 55.3. The predicted molar refractivity (Wildman–Crippen MR) is 421 cm³/mol. The Morgan fingerprint density at radius 2 is 0.699 bits per heavy atom. The second kappa shape index (κ2) is 60.1. The van der Waals surface area contributed by atoms with Gasteiger partial charge in [0.25, 0.3) is 19.4 Å². The Morgan fingerprint density at radius 1 is 0.434 bits per heavy atom. The first-order valence-electron chi connectivity index (χ1n) is 35.3. The van der Waals surface area contributed by atoms with Crippen LogP contribution in [-0.4, -0.2) is 146 Å². The van der Waals surface area contributed by atoms with Gasteiger partial charge < -0.3 is 81.5 Å². The molecule has 0 aromatic heterocycles. The number of hydrogen-bond donors (Lipinski definition) is 10. The van der Waals surface area contributed by atoms with E-state index in [0.29, 0.717) is 71.5 Å². The number of alkyl halides is 1. The Kier molecular flexibility index (Phi) is 52.2. The first-order valence-corrected chi connectivity index (χ1v) is 35.8. The summed E-state index contributed by atoms with van der Waals surface area (Å²) in [5.41, 5.74) is 29.7. The second-order valence-electron chi connectivity index (χ2n) is 25.5. The first kappa shape index (κ1) is 98.2. The molecule has 0 saturated heterocycles. The number of hydrogen-bond acceptors (Lipinski definition) is 22. The van der Waals surface area contributed by atoms with E-state index in [4.69, 9.17) is 58.0 Å². The van der Waals surface area contributed by atoms with Crippen molar-refractivity contribution in [2.45, 2.75) is 150 Å². The number of benzene rings is 6. The average Bonchev–Trinajstić information content (AvgIpc) is 0.898. The van der Waals surface area contributed by atoms with E-state index in [1.54, 1.807) is 46.7 Å². The molecular weight excluding hydrogens is 1490 g/mol. The quantitative estimate of drug-likeness (QED) is 0.00337. The van der Waals surface area contributed by atoms with Gasteiger partial charge in [0.15, 0.2) is 24.4 Å².